The fourth-order valence-electron chi connectivity index (χ4n) is 7.08. The molecule has 23 nitrogen and oxygen atoms in total. The van der Waals surface area contributed by atoms with E-state index >= 15 is 0 Å². The lowest BCUT2D eigenvalue weighted by molar-refractivity contribution is -0.140. The van der Waals surface area contributed by atoms with Gasteiger partial charge in [-0.2, -0.15) is 0 Å². The third-order valence-corrected chi connectivity index (χ3v) is 11.2. The number of nitrogens with zero attached hydrogens (tertiary/aromatic N) is 6. The molecule has 67 heavy (non-hydrogen) atoms. The number of carboxylic acid groups (broad SMARTS) is 5. The molecular weight excluding hydrogens is 946 g/mol. The summed E-state index contributed by atoms with van der Waals surface area (Å²) in [4.78, 5) is 122. The number of aliphatic carboxylic acids is 5. The average Bonchev–Trinajstić information content (AvgIpc) is 3.25. The standard InChI is InChI=1S/C43H60BrN9O14/c1-29(54)33(10-12-37(56)57)47-43(67)48-34(42(65)66)4-2-3-13-53(24-31-7-11-35(44)45-23-31)41(64)32-8-5-30(6-9-32)22-46-36(55)25-49-14-16-50(26-38(58)59)18-20-52(28-40(62)63)21-19-51(17-15-49)27-39(60)61/h5-9,11,23,33-34H,2-4,10,12-22,24-28H2,1H3,(H,46,55)(H,56,57)(H,58,59)(H,60,61)(H,62,63)(H,65,66)(H2,47,48,67)/t33-,34-/m1/s1. The zero-order valence-corrected chi connectivity index (χ0v) is 38.9. The molecular formula is C43H60BrN9O14. The highest BCUT2D eigenvalue weighted by Gasteiger charge is 2.25. The maximum absolute atomic E-state index is 13.9. The van der Waals surface area contributed by atoms with E-state index in [2.05, 4.69) is 36.9 Å². The molecule has 1 aromatic heterocycles. The fraction of sp³-hybridized carbons (Fsp3) is 0.535. The van der Waals surface area contributed by atoms with Gasteiger partial charge in [0.15, 0.2) is 5.78 Å². The van der Waals surface area contributed by atoms with Crippen LogP contribution in [0.25, 0.3) is 0 Å². The first-order chi connectivity index (χ1) is 31.8. The van der Waals surface area contributed by atoms with Crippen molar-refractivity contribution in [2.75, 3.05) is 85.1 Å². The number of hydrogen-bond donors (Lipinski definition) is 8. The van der Waals surface area contributed by atoms with Crippen LogP contribution in [0.1, 0.15) is 60.5 Å². The molecule has 1 aliphatic heterocycles. The second kappa shape index (κ2) is 28.8. The highest BCUT2D eigenvalue weighted by molar-refractivity contribution is 9.10. The van der Waals surface area contributed by atoms with Gasteiger partial charge < -0.3 is 46.4 Å². The maximum atomic E-state index is 13.9. The van der Waals surface area contributed by atoms with Gasteiger partial charge in [0, 0.05) is 90.2 Å². The van der Waals surface area contributed by atoms with Crippen LogP contribution in [0, 0.1) is 0 Å². The molecule has 1 aliphatic rings. The van der Waals surface area contributed by atoms with Gasteiger partial charge in [-0.3, -0.25) is 53.2 Å². The van der Waals surface area contributed by atoms with Crippen LogP contribution in [0.3, 0.4) is 0 Å². The number of urea groups is 1. The quantitative estimate of drug-likeness (QED) is 0.0491. The summed E-state index contributed by atoms with van der Waals surface area (Å²) in [5.74, 6) is -6.81. The minimum absolute atomic E-state index is 0.00988. The van der Waals surface area contributed by atoms with Gasteiger partial charge in [-0.25, -0.2) is 14.6 Å². The summed E-state index contributed by atoms with van der Waals surface area (Å²) in [6.45, 7) is 2.77. The Morgan fingerprint density at radius 3 is 1.58 bits per heavy atom. The molecule has 8 N–H and O–H groups in total. The van der Waals surface area contributed by atoms with E-state index < -0.39 is 53.7 Å². The molecule has 3 rings (SSSR count). The van der Waals surface area contributed by atoms with E-state index in [0.717, 1.165) is 5.56 Å². The number of unbranched alkanes of at least 4 members (excludes halogenated alkanes) is 1. The van der Waals surface area contributed by atoms with Gasteiger partial charge in [-0.15, -0.1) is 0 Å². The van der Waals surface area contributed by atoms with Gasteiger partial charge in [-0.05, 0) is 77.9 Å². The lowest BCUT2D eigenvalue weighted by Crippen LogP contribution is -2.50. The summed E-state index contributed by atoms with van der Waals surface area (Å²) in [5, 5.41) is 54.6. The molecule has 1 fully saturated rings. The smallest absolute Gasteiger partial charge is 0.326 e. The van der Waals surface area contributed by atoms with Crippen molar-refractivity contribution in [3.05, 3.63) is 63.9 Å². The third kappa shape index (κ3) is 22.3. The monoisotopic (exact) mass is 1010 g/mol. The predicted molar refractivity (Wildman–Crippen MR) is 242 cm³/mol. The zero-order chi connectivity index (χ0) is 49.5. The van der Waals surface area contributed by atoms with Crippen LogP contribution in [0.15, 0.2) is 47.2 Å². The van der Waals surface area contributed by atoms with Crippen LogP contribution in [0.4, 0.5) is 4.79 Å². The lowest BCUT2D eigenvalue weighted by Gasteiger charge is -2.32. The Hall–Kier alpha value is -6.08. The molecule has 0 bridgehead atoms. The van der Waals surface area contributed by atoms with Crippen LogP contribution in [-0.2, 0) is 46.7 Å². The molecule has 4 amide bonds. The van der Waals surface area contributed by atoms with Crippen LogP contribution in [0.5, 0.6) is 0 Å². The first-order valence-corrected chi connectivity index (χ1v) is 22.4. The highest BCUT2D eigenvalue weighted by atomic mass is 79.9. The van der Waals surface area contributed by atoms with Gasteiger partial charge in [0.2, 0.25) is 5.91 Å². The SMILES string of the molecule is CC(=O)[C@@H](CCC(=O)O)NC(=O)N[C@H](CCCCN(Cc1ccc(Br)nc1)C(=O)c1ccc(CNC(=O)CN2CCN(CC(=O)O)CCN(CC(=O)O)CCN(CC(=O)O)CC2)cc1)C(=O)O. The van der Waals surface area contributed by atoms with Crippen LogP contribution in [-0.4, -0.2) is 206 Å². The first-order valence-electron chi connectivity index (χ1n) is 21.6. The van der Waals surface area contributed by atoms with Crippen molar-refractivity contribution in [3.63, 3.8) is 0 Å². The van der Waals surface area contributed by atoms with Gasteiger partial charge >= 0.3 is 35.9 Å². The van der Waals surface area contributed by atoms with E-state index in [4.69, 9.17) is 5.11 Å². The number of carbonyl (C=O) groups excluding carboxylic acids is 4. The van der Waals surface area contributed by atoms with E-state index in [1.165, 1.54) is 6.92 Å². The number of Topliss-reactive ketones (excluding diaryl/α,β-unsaturated/α-hetero) is 1. The zero-order valence-electron chi connectivity index (χ0n) is 37.3. The van der Waals surface area contributed by atoms with Gasteiger partial charge in [-0.1, -0.05) is 18.2 Å². The fourth-order valence-corrected chi connectivity index (χ4v) is 7.31. The van der Waals surface area contributed by atoms with Crippen LogP contribution in [0.2, 0.25) is 0 Å². The third-order valence-electron chi connectivity index (χ3n) is 10.7. The Labute approximate surface area is 395 Å². The van der Waals surface area contributed by atoms with Crippen molar-refractivity contribution in [1.29, 1.82) is 0 Å². The largest absolute Gasteiger partial charge is 0.481 e. The minimum atomic E-state index is -1.33. The number of amides is 4. The number of benzene rings is 1. The number of nitrogens with one attached hydrogen (secondary N) is 3. The Morgan fingerprint density at radius 2 is 1.13 bits per heavy atom. The summed E-state index contributed by atoms with van der Waals surface area (Å²) in [6, 6.07) is 6.77. The summed E-state index contributed by atoms with van der Waals surface area (Å²) in [5.41, 5.74) is 1.75. The first kappa shape index (κ1) is 55.2. The minimum Gasteiger partial charge on any atom is -0.481 e. The average molecular weight is 1010 g/mol. The number of carboxylic acids is 5. The topological polar surface area (TPSA) is 320 Å². The van der Waals surface area contributed by atoms with Gasteiger partial charge in [0.1, 0.15) is 10.6 Å². The van der Waals surface area contributed by atoms with Crippen molar-refractivity contribution >= 4 is 69.4 Å². The molecule has 1 saturated heterocycles. The van der Waals surface area contributed by atoms with Crippen molar-refractivity contribution in [2.24, 2.45) is 0 Å². The second-order valence-electron chi connectivity index (χ2n) is 16.1. The Bertz CT molecular complexity index is 1980. The maximum Gasteiger partial charge on any atom is 0.326 e. The van der Waals surface area contributed by atoms with Crippen molar-refractivity contribution < 1.29 is 68.7 Å². The molecule has 0 saturated carbocycles. The highest BCUT2D eigenvalue weighted by Crippen LogP contribution is 2.15. The summed E-state index contributed by atoms with van der Waals surface area (Å²) >= 11 is 3.30. The van der Waals surface area contributed by atoms with Crippen LogP contribution >= 0.6 is 15.9 Å². The van der Waals surface area contributed by atoms with E-state index in [1.807, 2.05) is 0 Å². The summed E-state index contributed by atoms with van der Waals surface area (Å²) < 4.78 is 0.598. The molecule has 1 aromatic carbocycles. The number of rotatable bonds is 25. The van der Waals surface area contributed by atoms with E-state index in [-0.39, 0.29) is 136 Å². The molecule has 0 radical (unpaired) electrons. The normalized spacial score (nSPS) is 15.4. The molecule has 0 unspecified atom stereocenters. The van der Waals surface area contributed by atoms with Gasteiger partial charge in [0.05, 0.1) is 32.2 Å². The number of pyridine rings is 1. The van der Waals surface area contributed by atoms with E-state index in [0.29, 0.717) is 22.2 Å². The molecule has 2 heterocycles. The molecule has 2 aromatic rings. The van der Waals surface area contributed by atoms with Crippen LogP contribution < -0.4 is 16.0 Å². The van der Waals surface area contributed by atoms with Crippen molar-refractivity contribution in [1.82, 2.24) is 45.4 Å². The predicted octanol–water partition coefficient (Wildman–Crippen LogP) is 0.323. The second-order valence-corrected chi connectivity index (χ2v) is 16.9. The van der Waals surface area contributed by atoms with Crippen molar-refractivity contribution in [2.45, 2.75) is 64.2 Å². The summed E-state index contributed by atoms with van der Waals surface area (Å²) in [6.07, 6.45) is 1.69. The number of hydrogen-bond acceptors (Lipinski definition) is 14. The molecule has 368 valence electrons. The molecule has 0 spiro atoms. The van der Waals surface area contributed by atoms with E-state index in [9.17, 15) is 63.6 Å². The number of carbonyl (C=O) groups is 9. The number of halogens is 1. The molecule has 2 atom stereocenters. The van der Waals surface area contributed by atoms with Crippen molar-refractivity contribution in [3.8, 4) is 0 Å². The molecule has 24 heteroatoms. The van der Waals surface area contributed by atoms with E-state index in [1.54, 1.807) is 67.1 Å². The lowest BCUT2D eigenvalue weighted by atomic mass is 10.1. The Kier molecular flexibility index (Phi) is 23.8. The Morgan fingerprint density at radius 1 is 0.642 bits per heavy atom. The summed E-state index contributed by atoms with van der Waals surface area (Å²) in [7, 11) is 0. The number of ketones is 1. The van der Waals surface area contributed by atoms with Gasteiger partial charge in [0.25, 0.3) is 5.91 Å². The Balaban J connectivity index is 1.64. The molecule has 0 aliphatic carbocycles. The number of aromatic nitrogens is 1.